The molecular formula is C13H12BrFN2. The highest BCUT2D eigenvalue weighted by molar-refractivity contribution is 9.10. The van der Waals surface area contributed by atoms with Crippen LogP contribution in [0.2, 0.25) is 0 Å². The van der Waals surface area contributed by atoms with E-state index >= 15 is 0 Å². The lowest BCUT2D eigenvalue weighted by Crippen LogP contribution is -1.94. The van der Waals surface area contributed by atoms with E-state index in [-0.39, 0.29) is 5.82 Å². The molecule has 0 amide bonds. The van der Waals surface area contributed by atoms with Gasteiger partial charge in [-0.3, -0.25) is 0 Å². The third-order valence-corrected chi connectivity index (χ3v) is 2.71. The maximum Gasteiger partial charge on any atom is 0.127 e. The monoisotopic (exact) mass is 294 g/mol. The van der Waals surface area contributed by atoms with Crippen LogP contribution in [0.1, 0.15) is 5.56 Å². The van der Waals surface area contributed by atoms with Crippen LogP contribution in [0.25, 0.3) is 0 Å². The zero-order valence-corrected chi connectivity index (χ0v) is 10.9. The molecule has 4 heteroatoms. The number of halogens is 2. The van der Waals surface area contributed by atoms with E-state index in [0.29, 0.717) is 11.4 Å². The molecule has 0 spiro atoms. The fraction of sp³-hybridized carbons (Fsp3) is 0.0769. The number of rotatable bonds is 2. The van der Waals surface area contributed by atoms with Crippen molar-refractivity contribution in [3.8, 4) is 0 Å². The summed E-state index contributed by atoms with van der Waals surface area (Å²) in [5.41, 5.74) is 8.63. The Morgan fingerprint density at radius 3 is 2.41 bits per heavy atom. The average molecular weight is 295 g/mol. The molecular weight excluding hydrogens is 283 g/mol. The lowest BCUT2D eigenvalue weighted by atomic mass is 10.2. The molecule has 0 heterocycles. The molecule has 0 bridgehead atoms. The van der Waals surface area contributed by atoms with Crippen molar-refractivity contribution < 1.29 is 4.39 Å². The summed E-state index contributed by atoms with van der Waals surface area (Å²) in [6.07, 6.45) is 0. The molecule has 2 rings (SSSR count). The van der Waals surface area contributed by atoms with Crippen molar-refractivity contribution in [1.29, 1.82) is 0 Å². The van der Waals surface area contributed by atoms with Crippen molar-refractivity contribution in [1.82, 2.24) is 0 Å². The normalized spacial score (nSPS) is 10.3. The lowest BCUT2D eigenvalue weighted by Gasteiger charge is -2.09. The van der Waals surface area contributed by atoms with E-state index in [9.17, 15) is 4.39 Å². The van der Waals surface area contributed by atoms with Gasteiger partial charge in [0.25, 0.3) is 0 Å². The van der Waals surface area contributed by atoms with Crippen LogP contribution in [0.4, 0.5) is 21.5 Å². The number of nitrogens with two attached hydrogens (primary N) is 1. The first-order valence-electron chi connectivity index (χ1n) is 5.13. The SMILES string of the molecule is Cc1cc(Br)cc(Nc2cc(N)cc(F)c2)c1. The average Bonchev–Trinajstić information content (AvgIpc) is 2.13. The van der Waals surface area contributed by atoms with Gasteiger partial charge in [-0.05, 0) is 48.9 Å². The van der Waals surface area contributed by atoms with Crippen LogP contribution < -0.4 is 11.1 Å². The second-order valence-electron chi connectivity index (χ2n) is 3.92. The van der Waals surface area contributed by atoms with Gasteiger partial charge in [-0.2, -0.15) is 0 Å². The standard InChI is InChI=1S/C13H12BrFN2/c1-8-2-9(14)4-12(3-8)17-13-6-10(15)5-11(16)7-13/h2-7,17H,16H2,1H3. The molecule has 2 aromatic rings. The van der Waals surface area contributed by atoms with E-state index in [1.54, 1.807) is 6.07 Å². The molecule has 2 nitrogen and oxygen atoms in total. The molecule has 0 saturated heterocycles. The molecule has 0 aliphatic rings. The number of hydrogen-bond acceptors (Lipinski definition) is 2. The Bertz CT molecular complexity index is 465. The Labute approximate surface area is 108 Å². The molecule has 0 aromatic heterocycles. The summed E-state index contributed by atoms with van der Waals surface area (Å²) in [5, 5.41) is 3.12. The van der Waals surface area contributed by atoms with E-state index in [1.807, 2.05) is 25.1 Å². The van der Waals surface area contributed by atoms with Crippen LogP contribution in [0, 0.1) is 12.7 Å². The second-order valence-corrected chi connectivity index (χ2v) is 4.83. The highest BCUT2D eigenvalue weighted by Gasteiger charge is 2.01. The minimum absolute atomic E-state index is 0.348. The largest absolute Gasteiger partial charge is 0.399 e. The Hall–Kier alpha value is -1.55. The molecule has 17 heavy (non-hydrogen) atoms. The smallest absolute Gasteiger partial charge is 0.127 e. The van der Waals surface area contributed by atoms with Crippen molar-refractivity contribution >= 4 is 33.0 Å². The predicted molar refractivity (Wildman–Crippen MR) is 73.0 cm³/mol. The predicted octanol–water partition coefficient (Wildman–Crippen LogP) is 4.22. The summed E-state index contributed by atoms with van der Waals surface area (Å²) in [7, 11) is 0. The first-order valence-corrected chi connectivity index (χ1v) is 5.92. The van der Waals surface area contributed by atoms with Gasteiger partial charge in [0, 0.05) is 21.5 Å². The Morgan fingerprint density at radius 2 is 1.76 bits per heavy atom. The minimum atomic E-state index is -0.348. The Kier molecular flexibility index (Phi) is 3.33. The molecule has 88 valence electrons. The molecule has 0 atom stereocenters. The van der Waals surface area contributed by atoms with E-state index in [4.69, 9.17) is 5.73 Å². The van der Waals surface area contributed by atoms with Crippen molar-refractivity contribution in [2.24, 2.45) is 0 Å². The molecule has 0 radical (unpaired) electrons. The summed E-state index contributed by atoms with van der Waals surface area (Å²) >= 11 is 3.42. The van der Waals surface area contributed by atoms with Gasteiger partial charge in [-0.25, -0.2) is 4.39 Å². The van der Waals surface area contributed by atoms with E-state index < -0.39 is 0 Å². The van der Waals surface area contributed by atoms with Crippen LogP contribution >= 0.6 is 15.9 Å². The highest BCUT2D eigenvalue weighted by Crippen LogP contribution is 2.24. The van der Waals surface area contributed by atoms with Gasteiger partial charge in [0.1, 0.15) is 5.82 Å². The summed E-state index contributed by atoms with van der Waals surface area (Å²) in [6.45, 7) is 2.00. The third kappa shape index (κ3) is 3.20. The Morgan fingerprint density at radius 1 is 1.06 bits per heavy atom. The van der Waals surface area contributed by atoms with Crippen molar-refractivity contribution in [2.45, 2.75) is 6.92 Å². The fourth-order valence-corrected chi connectivity index (χ4v) is 2.27. The van der Waals surface area contributed by atoms with Crippen LogP contribution in [-0.2, 0) is 0 Å². The molecule has 0 unspecified atom stereocenters. The number of anilines is 3. The van der Waals surface area contributed by atoms with Crippen LogP contribution in [-0.4, -0.2) is 0 Å². The number of hydrogen-bond donors (Lipinski definition) is 2. The number of nitrogen functional groups attached to an aromatic ring is 1. The van der Waals surface area contributed by atoms with Gasteiger partial charge in [-0.15, -0.1) is 0 Å². The number of nitrogens with one attached hydrogen (secondary N) is 1. The summed E-state index contributed by atoms with van der Waals surface area (Å²) in [5.74, 6) is -0.348. The van der Waals surface area contributed by atoms with Gasteiger partial charge in [0.05, 0.1) is 0 Å². The van der Waals surface area contributed by atoms with Crippen molar-refractivity contribution in [2.75, 3.05) is 11.1 Å². The van der Waals surface area contributed by atoms with Gasteiger partial charge in [-0.1, -0.05) is 15.9 Å². The first-order chi connectivity index (χ1) is 8.02. The van der Waals surface area contributed by atoms with Gasteiger partial charge >= 0.3 is 0 Å². The van der Waals surface area contributed by atoms with Gasteiger partial charge in [0.15, 0.2) is 0 Å². The molecule has 0 saturated carbocycles. The molecule has 0 aliphatic heterocycles. The van der Waals surface area contributed by atoms with Gasteiger partial charge in [0.2, 0.25) is 0 Å². The Balaban J connectivity index is 2.31. The highest BCUT2D eigenvalue weighted by atomic mass is 79.9. The van der Waals surface area contributed by atoms with Crippen molar-refractivity contribution in [3.63, 3.8) is 0 Å². The zero-order chi connectivity index (χ0) is 12.4. The summed E-state index contributed by atoms with van der Waals surface area (Å²) in [6, 6.07) is 10.3. The lowest BCUT2D eigenvalue weighted by molar-refractivity contribution is 0.629. The molecule has 2 aromatic carbocycles. The van der Waals surface area contributed by atoms with E-state index in [2.05, 4.69) is 21.2 Å². The topological polar surface area (TPSA) is 38.0 Å². The maximum atomic E-state index is 13.2. The minimum Gasteiger partial charge on any atom is -0.399 e. The maximum absolute atomic E-state index is 13.2. The quantitative estimate of drug-likeness (QED) is 0.814. The van der Waals surface area contributed by atoms with Gasteiger partial charge < -0.3 is 11.1 Å². The van der Waals surface area contributed by atoms with Crippen molar-refractivity contribution in [3.05, 3.63) is 52.3 Å². The summed E-state index contributed by atoms with van der Waals surface area (Å²) < 4.78 is 14.1. The summed E-state index contributed by atoms with van der Waals surface area (Å²) in [4.78, 5) is 0. The second kappa shape index (κ2) is 4.75. The van der Waals surface area contributed by atoms with Crippen LogP contribution in [0.3, 0.4) is 0 Å². The van der Waals surface area contributed by atoms with E-state index in [1.165, 1.54) is 12.1 Å². The van der Waals surface area contributed by atoms with Crippen LogP contribution in [0.15, 0.2) is 40.9 Å². The third-order valence-electron chi connectivity index (χ3n) is 2.25. The zero-order valence-electron chi connectivity index (χ0n) is 9.30. The molecule has 0 fully saturated rings. The molecule has 0 aliphatic carbocycles. The first kappa shape index (κ1) is 11.9. The number of aryl methyl sites for hydroxylation is 1. The van der Waals surface area contributed by atoms with Crippen LogP contribution in [0.5, 0.6) is 0 Å². The number of benzene rings is 2. The molecule has 3 N–H and O–H groups in total. The van der Waals surface area contributed by atoms with E-state index in [0.717, 1.165) is 15.7 Å². The fourth-order valence-electron chi connectivity index (χ4n) is 1.66.